The molecular formula is C28H26BrCl2NO5S. The third kappa shape index (κ3) is 5.61. The molecule has 0 bridgehead atoms. The molecule has 1 amide bonds. The van der Waals surface area contributed by atoms with Gasteiger partial charge >= 0.3 is 0 Å². The number of nitrogens with one attached hydrogen (secondary N) is 1. The Morgan fingerprint density at radius 3 is 2.53 bits per heavy atom. The molecule has 3 aromatic rings. The number of benzene rings is 3. The predicted molar refractivity (Wildman–Crippen MR) is 150 cm³/mol. The van der Waals surface area contributed by atoms with E-state index in [9.17, 15) is 13.2 Å². The first kappa shape index (κ1) is 27.5. The van der Waals surface area contributed by atoms with Gasteiger partial charge in [-0.15, -0.1) is 0 Å². The highest BCUT2D eigenvalue weighted by Gasteiger charge is 2.52. The maximum Gasteiger partial charge on any atom is 0.264 e. The average Bonchev–Trinajstić information content (AvgIpc) is 2.84. The average molecular weight is 639 g/mol. The van der Waals surface area contributed by atoms with E-state index in [4.69, 9.17) is 32.7 Å². The number of hydrogen-bond donors (Lipinski definition) is 1. The van der Waals surface area contributed by atoms with Crippen molar-refractivity contribution in [1.29, 1.82) is 0 Å². The Labute approximate surface area is 240 Å². The molecule has 38 heavy (non-hydrogen) atoms. The Bertz CT molecular complexity index is 1500. The van der Waals surface area contributed by atoms with Gasteiger partial charge < -0.3 is 9.47 Å². The van der Waals surface area contributed by atoms with Crippen molar-refractivity contribution in [2.75, 3.05) is 0 Å². The Hall–Kier alpha value is -2.10. The molecule has 0 saturated carbocycles. The van der Waals surface area contributed by atoms with Crippen molar-refractivity contribution >= 4 is 55.1 Å². The van der Waals surface area contributed by atoms with Crippen molar-refractivity contribution in [2.45, 2.75) is 49.4 Å². The lowest BCUT2D eigenvalue weighted by Crippen LogP contribution is -2.54. The lowest BCUT2D eigenvalue weighted by molar-refractivity contribution is -0.177. The molecule has 0 aliphatic carbocycles. The van der Waals surface area contributed by atoms with E-state index in [0.717, 1.165) is 11.1 Å². The van der Waals surface area contributed by atoms with Crippen LogP contribution in [0, 0.1) is 11.8 Å². The number of sulfonamides is 1. The molecule has 3 aromatic carbocycles. The van der Waals surface area contributed by atoms with Gasteiger partial charge in [-0.3, -0.25) is 4.79 Å². The number of carbonyl (C=O) groups is 1. The largest absolute Gasteiger partial charge is 0.487 e. The highest BCUT2D eigenvalue weighted by Crippen LogP contribution is 2.52. The van der Waals surface area contributed by atoms with Gasteiger partial charge in [0.25, 0.3) is 10.0 Å². The maximum atomic E-state index is 13.7. The summed E-state index contributed by atoms with van der Waals surface area (Å²) >= 11 is 15.8. The highest BCUT2D eigenvalue weighted by atomic mass is 79.9. The van der Waals surface area contributed by atoms with Gasteiger partial charge in [0, 0.05) is 26.0 Å². The standard InChI is InChI=1S/C28H26BrCl2NO5S/c1-28(2)23-15-22(27(33)32-38(34,35)20-8-4-6-17(29)13-20)25(12-16-5-3-7-18(30)11-16)36-26(23)21-14-19(31)9-10-24(21)37-28/h3-11,13-14,22-23,25-26H,12,15H2,1-2H3,(H,32,33)/t22-,23-,25-,26+/m0/s1. The SMILES string of the molecule is CC1(C)Oc2ccc(Cl)cc2[C@H]2O[C@@H](Cc3cccc(Cl)c3)[C@@H](C(=O)NS(=O)(=O)c3cccc(Br)c3)C[C@@H]21. The van der Waals surface area contributed by atoms with Crippen molar-refractivity contribution in [3.8, 4) is 5.75 Å². The molecule has 1 fully saturated rings. The Kier molecular flexibility index (Phi) is 7.57. The first-order valence-electron chi connectivity index (χ1n) is 12.1. The lowest BCUT2D eigenvalue weighted by atomic mass is 9.71. The van der Waals surface area contributed by atoms with Gasteiger partial charge in [0.1, 0.15) is 11.4 Å². The number of ether oxygens (including phenoxy) is 2. The van der Waals surface area contributed by atoms with Crippen LogP contribution >= 0.6 is 39.1 Å². The summed E-state index contributed by atoms with van der Waals surface area (Å²) in [4.78, 5) is 13.6. The number of carbonyl (C=O) groups excluding carboxylic acids is 1. The first-order chi connectivity index (χ1) is 17.9. The van der Waals surface area contributed by atoms with Crippen LogP contribution in [0.2, 0.25) is 10.0 Å². The van der Waals surface area contributed by atoms with E-state index in [1.165, 1.54) is 12.1 Å². The summed E-state index contributed by atoms with van der Waals surface area (Å²) in [6.07, 6.45) is -0.277. The number of amides is 1. The van der Waals surface area contributed by atoms with E-state index >= 15 is 0 Å². The van der Waals surface area contributed by atoms with Gasteiger partial charge in [-0.2, -0.15) is 0 Å². The molecule has 4 atom stereocenters. The molecular weight excluding hydrogens is 613 g/mol. The van der Waals surface area contributed by atoms with E-state index < -0.39 is 33.6 Å². The van der Waals surface area contributed by atoms with E-state index in [2.05, 4.69) is 20.7 Å². The van der Waals surface area contributed by atoms with Crippen LogP contribution in [0.4, 0.5) is 0 Å². The summed E-state index contributed by atoms with van der Waals surface area (Å²) in [5.41, 5.74) is 1.03. The molecule has 0 spiro atoms. The Morgan fingerprint density at radius 2 is 1.79 bits per heavy atom. The van der Waals surface area contributed by atoms with Gasteiger partial charge in [0.2, 0.25) is 5.91 Å². The van der Waals surface area contributed by atoms with E-state index in [1.807, 2.05) is 44.2 Å². The lowest BCUT2D eigenvalue weighted by Gasteiger charge is -2.50. The minimum Gasteiger partial charge on any atom is -0.487 e. The van der Waals surface area contributed by atoms with Crippen LogP contribution in [0.5, 0.6) is 5.75 Å². The van der Waals surface area contributed by atoms with Crippen LogP contribution in [-0.2, 0) is 26.0 Å². The van der Waals surface area contributed by atoms with Gasteiger partial charge in [-0.1, -0.05) is 57.3 Å². The van der Waals surface area contributed by atoms with Crippen LogP contribution in [-0.4, -0.2) is 26.0 Å². The quantitative estimate of drug-likeness (QED) is 0.335. The van der Waals surface area contributed by atoms with Crippen molar-refractivity contribution in [3.63, 3.8) is 0 Å². The molecule has 2 aliphatic rings. The molecule has 2 aliphatic heterocycles. The topological polar surface area (TPSA) is 81.7 Å². The molecule has 5 rings (SSSR count). The second-order valence-corrected chi connectivity index (χ2v) is 13.7. The van der Waals surface area contributed by atoms with Crippen molar-refractivity contribution < 1.29 is 22.7 Å². The minimum absolute atomic E-state index is 0.00822. The van der Waals surface area contributed by atoms with Crippen LogP contribution in [0.15, 0.2) is 76.1 Å². The predicted octanol–water partition coefficient (Wildman–Crippen LogP) is 6.74. The fourth-order valence-corrected chi connectivity index (χ4v) is 7.34. The molecule has 1 saturated heterocycles. The zero-order valence-corrected chi connectivity index (χ0v) is 24.6. The molecule has 0 unspecified atom stereocenters. The van der Waals surface area contributed by atoms with Crippen molar-refractivity contribution in [2.24, 2.45) is 11.8 Å². The van der Waals surface area contributed by atoms with Crippen LogP contribution in [0.1, 0.15) is 37.5 Å². The minimum atomic E-state index is -4.10. The molecule has 200 valence electrons. The molecule has 1 N–H and O–H groups in total. The van der Waals surface area contributed by atoms with Crippen LogP contribution in [0.25, 0.3) is 0 Å². The second-order valence-electron chi connectivity index (χ2n) is 10.2. The normalized spacial score (nSPS) is 24.0. The summed E-state index contributed by atoms with van der Waals surface area (Å²) in [5, 5.41) is 1.12. The number of halogens is 3. The second kappa shape index (κ2) is 10.5. The number of fused-ring (bicyclic) bond motifs is 3. The monoisotopic (exact) mass is 637 g/mol. The fourth-order valence-electron chi connectivity index (χ4n) is 5.32. The van der Waals surface area contributed by atoms with Gasteiger partial charge in [-0.25, -0.2) is 13.1 Å². The molecule has 2 heterocycles. The van der Waals surface area contributed by atoms with E-state index in [-0.39, 0.29) is 16.9 Å². The van der Waals surface area contributed by atoms with Crippen molar-refractivity contribution in [3.05, 3.63) is 92.4 Å². The van der Waals surface area contributed by atoms with Gasteiger partial charge in [-0.05, 0) is 80.8 Å². The molecule has 0 radical (unpaired) electrons. The third-order valence-corrected chi connectivity index (χ3v) is 9.50. The smallest absolute Gasteiger partial charge is 0.264 e. The van der Waals surface area contributed by atoms with Gasteiger partial charge in [0.05, 0.1) is 23.0 Å². The Morgan fingerprint density at radius 1 is 1.05 bits per heavy atom. The summed E-state index contributed by atoms with van der Waals surface area (Å²) in [5.74, 6) is -0.931. The fraction of sp³-hybridized carbons (Fsp3) is 0.321. The third-order valence-electron chi connectivity index (χ3n) is 7.19. The summed E-state index contributed by atoms with van der Waals surface area (Å²) in [6.45, 7) is 3.91. The number of hydrogen-bond acceptors (Lipinski definition) is 5. The Balaban J connectivity index is 1.50. The van der Waals surface area contributed by atoms with Crippen LogP contribution < -0.4 is 9.46 Å². The van der Waals surface area contributed by atoms with E-state index in [1.54, 1.807) is 24.3 Å². The summed E-state index contributed by atoms with van der Waals surface area (Å²) in [7, 11) is -4.10. The summed E-state index contributed by atoms with van der Waals surface area (Å²) < 4.78 is 42.1. The molecule has 6 nitrogen and oxygen atoms in total. The zero-order valence-electron chi connectivity index (χ0n) is 20.7. The van der Waals surface area contributed by atoms with Crippen molar-refractivity contribution in [1.82, 2.24) is 4.72 Å². The van der Waals surface area contributed by atoms with E-state index in [0.29, 0.717) is 33.1 Å². The first-order valence-corrected chi connectivity index (χ1v) is 15.2. The van der Waals surface area contributed by atoms with Gasteiger partial charge in [0.15, 0.2) is 0 Å². The highest BCUT2D eigenvalue weighted by molar-refractivity contribution is 9.10. The van der Waals surface area contributed by atoms with Crippen LogP contribution in [0.3, 0.4) is 0 Å². The maximum absolute atomic E-state index is 13.7. The number of rotatable bonds is 5. The molecule has 0 aromatic heterocycles. The zero-order chi connectivity index (χ0) is 27.2. The summed E-state index contributed by atoms with van der Waals surface area (Å²) in [6, 6.07) is 19.0. The molecule has 10 heteroatoms.